The van der Waals surface area contributed by atoms with Gasteiger partial charge in [0.05, 0.1) is 6.42 Å². The lowest BCUT2D eigenvalue weighted by Gasteiger charge is -2.14. The molecular weight excluding hydrogens is 284 g/mol. The number of carbonyl (C=O) groups is 3. The van der Waals surface area contributed by atoms with Crippen molar-refractivity contribution in [1.29, 1.82) is 5.39 Å². The minimum atomic E-state index is -1.55. The fraction of sp³-hybridized carbons (Fsp3) is 0.182. The van der Waals surface area contributed by atoms with E-state index in [2.05, 4.69) is 5.08 Å². The fourth-order valence-corrected chi connectivity index (χ4v) is 1.83. The van der Waals surface area contributed by atoms with Crippen LogP contribution in [0.4, 0.5) is 5.69 Å². The van der Waals surface area contributed by atoms with E-state index in [0.29, 0.717) is 10.1 Å². The number of hydrogen-bond donors (Lipinski definition) is 3. The molecule has 10 heteroatoms. The monoisotopic (exact) mass is 293 g/mol. The van der Waals surface area contributed by atoms with Crippen molar-refractivity contribution in [1.82, 2.24) is 5.01 Å². The lowest BCUT2D eigenvalue weighted by molar-refractivity contribution is -0.141. The SMILES string of the molecule is N#[N+]N(c1ccc(C(=O)O)c(O)c1)N1C(=O)CC(O)C1=O. The zero-order valence-electron chi connectivity index (χ0n) is 10.4. The molecule has 0 spiro atoms. The number of imide groups is 1. The Kier molecular flexibility index (Phi) is 3.43. The highest BCUT2D eigenvalue weighted by Crippen LogP contribution is 2.28. The Hall–Kier alpha value is -3.19. The molecule has 2 rings (SSSR count). The minimum absolute atomic E-state index is 0.143. The number of aromatic carboxylic acids is 1. The van der Waals surface area contributed by atoms with Crippen molar-refractivity contribution in [3.8, 4) is 5.75 Å². The summed E-state index contributed by atoms with van der Waals surface area (Å²) in [5.41, 5.74) is -0.549. The Bertz CT molecular complexity index is 682. The summed E-state index contributed by atoms with van der Waals surface area (Å²) in [5.74, 6) is -3.84. The van der Waals surface area contributed by atoms with Gasteiger partial charge in [-0.05, 0) is 12.1 Å². The molecule has 1 atom stereocenters. The lowest BCUT2D eigenvalue weighted by atomic mass is 10.2. The van der Waals surface area contributed by atoms with Gasteiger partial charge in [-0.25, -0.2) is 4.79 Å². The van der Waals surface area contributed by atoms with Crippen molar-refractivity contribution in [3.63, 3.8) is 0 Å². The molecule has 10 nitrogen and oxygen atoms in total. The summed E-state index contributed by atoms with van der Waals surface area (Å²) in [5, 5.41) is 40.2. The minimum Gasteiger partial charge on any atom is -0.507 e. The molecule has 1 saturated heterocycles. The van der Waals surface area contributed by atoms with E-state index in [1.54, 1.807) is 0 Å². The van der Waals surface area contributed by atoms with Crippen molar-refractivity contribution in [3.05, 3.63) is 28.8 Å². The number of carboxylic acids is 1. The number of hydrogen-bond acceptors (Lipinski definition) is 7. The van der Waals surface area contributed by atoms with Crippen LogP contribution in [0.3, 0.4) is 0 Å². The van der Waals surface area contributed by atoms with Crippen LogP contribution >= 0.6 is 0 Å². The van der Waals surface area contributed by atoms with E-state index in [1.165, 1.54) is 0 Å². The van der Waals surface area contributed by atoms with Gasteiger partial charge in [0.25, 0.3) is 17.2 Å². The van der Waals surface area contributed by atoms with Crippen molar-refractivity contribution < 1.29 is 29.7 Å². The number of carbonyl (C=O) groups excluding carboxylic acids is 2. The Morgan fingerprint density at radius 1 is 1.43 bits per heavy atom. The van der Waals surface area contributed by atoms with Crippen LogP contribution in [0.1, 0.15) is 16.8 Å². The summed E-state index contributed by atoms with van der Waals surface area (Å²) in [7, 11) is 0. The number of aliphatic hydroxyl groups excluding tert-OH is 1. The standard InChI is InChI=1S/C11H8N4O6/c12-13-15(14-9(18)4-8(17)10(14)19)5-1-2-6(11(20)21)7(16)3-5/h1-3,8,17H,4H2,(H-,16,20,21)/p+1. The van der Waals surface area contributed by atoms with Gasteiger partial charge in [-0.15, -0.1) is 5.01 Å². The average molecular weight is 293 g/mol. The van der Waals surface area contributed by atoms with Crippen molar-refractivity contribution >= 4 is 23.5 Å². The van der Waals surface area contributed by atoms with Gasteiger partial charge >= 0.3 is 11.1 Å². The maximum Gasteiger partial charge on any atom is 0.339 e. The van der Waals surface area contributed by atoms with Crippen LogP contribution in [-0.4, -0.2) is 44.2 Å². The number of carboxylic acid groups (broad SMARTS) is 1. The first-order valence-electron chi connectivity index (χ1n) is 5.63. The number of amides is 2. The van der Waals surface area contributed by atoms with Gasteiger partial charge < -0.3 is 15.3 Å². The first-order chi connectivity index (χ1) is 9.86. The highest BCUT2D eigenvalue weighted by molar-refractivity contribution is 6.06. The van der Waals surface area contributed by atoms with E-state index in [-0.39, 0.29) is 5.69 Å². The van der Waals surface area contributed by atoms with Gasteiger partial charge in [0.2, 0.25) is 0 Å². The van der Waals surface area contributed by atoms with Gasteiger partial charge in [0.1, 0.15) is 22.5 Å². The number of anilines is 1. The predicted molar refractivity (Wildman–Crippen MR) is 65.1 cm³/mol. The number of aromatic hydroxyl groups is 1. The number of nitrogens with zero attached hydrogens (tertiary/aromatic N) is 4. The van der Waals surface area contributed by atoms with Crippen LogP contribution < -0.4 is 5.12 Å². The van der Waals surface area contributed by atoms with Crippen LogP contribution in [0.25, 0.3) is 5.08 Å². The molecule has 1 heterocycles. The van der Waals surface area contributed by atoms with E-state index in [4.69, 9.17) is 10.5 Å². The molecule has 1 unspecified atom stereocenters. The molecule has 0 saturated carbocycles. The highest BCUT2D eigenvalue weighted by Gasteiger charge is 2.47. The number of diazo groups is 1. The molecule has 0 bridgehead atoms. The molecule has 3 N–H and O–H groups in total. The molecular formula is C11H9N4O6+. The lowest BCUT2D eigenvalue weighted by Crippen LogP contribution is -2.43. The first-order valence-corrected chi connectivity index (χ1v) is 5.63. The van der Waals surface area contributed by atoms with Crippen LogP contribution in [0.2, 0.25) is 0 Å². The summed E-state index contributed by atoms with van der Waals surface area (Å²) < 4.78 is 0. The molecule has 108 valence electrons. The van der Waals surface area contributed by atoms with Crippen LogP contribution in [0.15, 0.2) is 18.2 Å². The normalized spacial score (nSPS) is 17.7. The third kappa shape index (κ3) is 2.33. The molecule has 21 heavy (non-hydrogen) atoms. The molecule has 1 aliphatic heterocycles. The molecule has 1 fully saturated rings. The zero-order chi connectivity index (χ0) is 15.7. The van der Waals surface area contributed by atoms with E-state index in [1.807, 2.05) is 0 Å². The maximum atomic E-state index is 11.6. The number of aliphatic hydroxyl groups is 1. The molecule has 0 radical (unpaired) electrons. The summed E-state index contributed by atoms with van der Waals surface area (Å²) in [6.45, 7) is 0. The molecule has 1 aliphatic rings. The average Bonchev–Trinajstić information content (AvgIpc) is 2.66. The quantitative estimate of drug-likeness (QED) is 0.391. The second kappa shape index (κ2) is 5.06. The predicted octanol–water partition coefficient (Wildman–Crippen LogP) is -0.300. The fourth-order valence-electron chi connectivity index (χ4n) is 1.83. The van der Waals surface area contributed by atoms with Gasteiger partial charge in [-0.2, -0.15) is 0 Å². The van der Waals surface area contributed by atoms with Crippen molar-refractivity contribution in [2.24, 2.45) is 0 Å². The smallest absolute Gasteiger partial charge is 0.339 e. The Morgan fingerprint density at radius 2 is 2.10 bits per heavy atom. The Morgan fingerprint density at radius 3 is 2.52 bits per heavy atom. The van der Waals surface area contributed by atoms with Crippen molar-refractivity contribution in [2.75, 3.05) is 5.12 Å². The summed E-state index contributed by atoms with van der Waals surface area (Å²) in [6.07, 6.45) is -2.02. The topological polar surface area (TPSA) is 147 Å². The van der Waals surface area contributed by atoms with E-state index >= 15 is 0 Å². The van der Waals surface area contributed by atoms with E-state index in [9.17, 15) is 24.6 Å². The second-order valence-electron chi connectivity index (χ2n) is 4.15. The Labute approximate surface area is 117 Å². The van der Waals surface area contributed by atoms with Gasteiger partial charge in [0, 0.05) is 6.07 Å². The molecule has 1 aromatic rings. The third-order valence-corrected chi connectivity index (χ3v) is 2.81. The van der Waals surface area contributed by atoms with E-state index in [0.717, 1.165) is 18.2 Å². The maximum absolute atomic E-state index is 11.6. The molecule has 0 aromatic heterocycles. The van der Waals surface area contributed by atoms with Crippen LogP contribution in [0.5, 0.6) is 5.75 Å². The van der Waals surface area contributed by atoms with Crippen LogP contribution in [0, 0.1) is 5.39 Å². The molecule has 2 amide bonds. The van der Waals surface area contributed by atoms with Gasteiger partial charge in [-0.3, -0.25) is 9.59 Å². The summed E-state index contributed by atoms with van der Waals surface area (Å²) >= 11 is 0. The number of hydrazine groups is 1. The summed E-state index contributed by atoms with van der Waals surface area (Å²) in [4.78, 5) is 34.0. The largest absolute Gasteiger partial charge is 0.507 e. The van der Waals surface area contributed by atoms with Crippen LogP contribution in [-0.2, 0) is 9.59 Å². The zero-order valence-corrected chi connectivity index (χ0v) is 10.4. The van der Waals surface area contributed by atoms with E-state index < -0.39 is 41.6 Å². The number of phenols is 1. The van der Waals surface area contributed by atoms with Gasteiger partial charge in [-0.1, -0.05) is 0 Å². The Balaban J connectivity index is 2.42. The third-order valence-electron chi connectivity index (χ3n) is 2.81. The molecule has 0 aliphatic carbocycles. The summed E-state index contributed by atoms with van der Waals surface area (Å²) in [6, 6.07) is 3.02. The second-order valence-corrected chi connectivity index (χ2v) is 4.15. The highest BCUT2D eigenvalue weighted by atomic mass is 16.4. The molecule has 1 aromatic carbocycles. The first kappa shape index (κ1) is 14.2. The number of rotatable bonds is 3. The van der Waals surface area contributed by atoms with Crippen molar-refractivity contribution in [2.45, 2.75) is 12.5 Å². The van der Waals surface area contributed by atoms with Gasteiger partial charge in [0.15, 0.2) is 5.69 Å². The number of benzene rings is 1.